The van der Waals surface area contributed by atoms with Gasteiger partial charge in [-0.3, -0.25) is 9.78 Å². The van der Waals surface area contributed by atoms with E-state index in [4.69, 9.17) is 4.74 Å². The van der Waals surface area contributed by atoms with Crippen LogP contribution < -0.4 is 5.32 Å². The standard InChI is InChI=1S/C18H22N2O3/c1-11-10-14(13-8-6-7-9-15(13)19-11)17(22)23-12(2)16(21)20-18(3,4)5/h6-10,12H,1-5H3,(H,20,21)/t12-/m0/s1. The number of carbonyl (C=O) groups excluding carboxylic acids is 2. The number of para-hydroxylation sites is 1. The number of benzene rings is 1. The van der Waals surface area contributed by atoms with Crippen LogP contribution in [0.1, 0.15) is 43.7 Å². The molecule has 2 aromatic rings. The lowest BCUT2D eigenvalue weighted by Crippen LogP contribution is -2.46. The molecule has 1 amide bonds. The fourth-order valence-electron chi connectivity index (χ4n) is 2.23. The number of ether oxygens (including phenoxy) is 1. The Morgan fingerprint density at radius 3 is 2.52 bits per heavy atom. The number of carbonyl (C=O) groups is 2. The Labute approximate surface area is 136 Å². The average Bonchev–Trinajstić information content (AvgIpc) is 2.44. The van der Waals surface area contributed by atoms with Crippen molar-refractivity contribution in [1.82, 2.24) is 10.3 Å². The number of amides is 1. The molecule has 0 spiro atoms. The number of fused-ring (bicyclic) bond motifs is 1. The summed E-state index contributed by atoms with van der Waals surface area (Å²) in [5.74, 6) is -0.843. The van der Waals surface area contributed by atoms with Gasteiger partial charge in [0.1, 0.15) is 0 Å². The van der Waals surface area contributed by atoms with Crippen LogP contribution in [0.5, 0.6) is 0 Å². The lowest BCUT2D eigenvalue weighted by molar-refractivity contribution is -0.130. The summed E-state index contributed by atoms with van der Waals surface area (Å²) < 4.78 is 5.33. The number of hydrogen-bond acceptors (Lipinski definition) is 4. The highest BCUT2D eigenvalue weighted by atomic mass is 16.5. The molecule has 0 aliphatic carbocycles. The summed E-state index contributed by atoms with van der Waals surface area (Å²) in [5, 5.41) is 3.51. The SMILES string of the molecule is Cc1cc(C(=O)O[C@@H](C)C(=O)NC(C)(C)C)c2ccccc2n1. The smallest absolute Gasteiger partial charge is 0.339 e. The summed E-state index contributed by atoms with van der Waals surface area (Å²) in [4.78, 5) is 28.9. The first-order chi connectivity index (χ1) is 10.7. The van der Waals surface area contributed by atoms with Crippen molar-refractivity contribution < 1.29 is 14.3 Å². The van der Waals surface area contributed by atoms with Crippen LogP contribution in [0.15, 0.2) is 30.3 Å². The van der Waals surface area contributed by atoms with Crippen molar-refractivity contribution in [3.8, 4) is 0 Å². The quantitative estimate of drug-likeness (QED) is 0.884. The zero-order chi connectivity index (χ0) is 17.2. The molecule has 0 aliphatic rings. The fourth-order valence-corrected chi connectivity index (χ4v) is 2.23. The van der Waals surface area contributed by atoms with Gasteiger partial charge in [0, 0.05) is 16.6 Å². The van der Waals surface area contributed by atoms with Crippen LogP contribution >= 0.6 is 0 Å². The monoisotopic (exact) mass is 314 g/mol. The topological polar surface area (TPSA) is 68.3 Å². The zero-order valence-corrected chi connectivity index (χ0v) is 14.1. The maximum absolute atomic E-state index is 12.5. The fraction of sp³-hybridized carbons (Fsp3) is 0.389. The largest absolute Gasteiger partial charge is 0.449 e. The van der Waals surface area contributed by atoms with Gasteiger partial charge in [0.2, 0.25) is 0 Å². The van der Waals surface area contributed by atoms with Crippen LogP contribution in [-0.4, -0.2) is 28.5 Å². The molecule has 1 heterocycles. The predicted molar refractivity (Wildman–Crippen MR) is 89.3 cm³/mol. The van der Waals surface area contributed by atoms with Crippen molar-refractivity contribution in [3.05, 3.63) is 41.6 Å². The van der Waals surface area contributed by atoms with Gasteiger partial charge in [-0.25, -0.2) is 4.79 Å². The van der Waals surface area contributed by atoms with Gasteiger partial charge in [-0.05, 0) is 46.8 Å². The van der Waals surface area contributed by atoms with Crippen LogP contribution in [0.4, 0.5) is 0 Å². The molecule has 23 heavy (non-hydrogen) atoms. The number of aromatic nitrogens is 1. The number of esters is 1. The van der Waals surface area contributed by atoms with Gasteiger partial charge in [0.15, 0.2) is 6.10 Å². The van der Waals surface area contributed by atoms with E-state index >= 15 is 0 Å². The van der Waals surface area contributed by atoms with E-state index in [0.717, 1.165) is 11.2 Å². The third kappa shape index (κ3) is 4.28. The van der Waals surface area contributed by atoms with Gasteiger partial charge in [-0.1, -0.05) is 18.2 Å². The Bertz CT molecular complexity index is 748. The van der Waals surface area contributed by atoms with Crippen molar-refractivity contribution in [2.75, 3.05) is 0 Å². The molecular weight excluding hydrogens is 292 g/mol. The average molecular weight is 314 g/mol. The molecule has 122 valence electrons. The first-order valence-corrected chi connectivity index (χ1v) is 7.57. The molecule has 0 radical (unpaired) electrons. The molecule has 5 heteroatoms. The van der Waals surface area contributed by atoms with E-state index in [1.54, 1.807) is 13.0 Å². The highest BCUT2D eigenvalue weighted by Gasteiger charge is 2.23. The minimum Gasteiger partial charge on any atom is -0.449 e. The van der Waals surface area contributed by atoms with Crippen LogP contribution in [0.2, 0.25) is 0 Å². The van der Waals surface area contributed by atoms with Gasteiger partial charge in [0.05, 0.1) is 11.1 Å². The molecule has 1 aromatic heterocycles. The molecule has 5 nitrogen and oxygen atoms in total. The molecule has 1 aromatic carbocycles. The van der Waals surface area contributed by atoms with E-state index in [1.165, 1.54) is 0 Å². The van der Waals surface area contributed by atoms with Crippen molar-refractivity contribution in [2.45, 2.75) is 46.3 Å². The maximum atomic E-state index is 12.5. The molecule has 0 saturated heterocycles. The van der Waals surface area contributed by atoms with Gasteiger partial charge in [-0.15, -0.1) is 0 Å². The number of nitrogens with one attached hydrogen (secondary N) is 1. The molecule has 0 bridgehead atoms. The van der Waals surface area contributed by atoms with E-state index in [9.17, 15) is 9.59 Å². The van der Waals surface area contributed by atoms with Crippen molar-refractivity contribution >= 4 is 22.8 Å². The number of pyridine rings is 1. The summed E-state index contributed by atoms with van der Waals surface area (Å²) in [5.41, 5.74) is 1.50. The summed E-state index contributed by atoms with van der Waals surface area (Å²) in [6, 6.07) is 9.04. The lowest BCUT2D eigenvalue weighted by atomic mass is 10.1. The Hall–Kier alpha value is -2.43. The minimum atomic E-state index is -0.867. The highest BCUT2D eigenvalue weighted by molar-refractivity contribution is 6.04. The van der Waals surface area contributed by atoms with Crippen LogP contribution in [0, 0.1) is 6.92 Å². The van der Waals surface area contributed by atoms with Crippen molar-refractivity contribution in [2.24, 2.45) is 0 Å². The van der Waals surface area contributed by atoms with Crippen molar-refractivity contribution in [1.29, 1.82) is 0 Å². The molecule has 1 N–H and O–H groups in total. The second kappa shape index (κ2) is 6.36. The Kier molecular flexibility index (Phi) is 4.68. The summed E-state index contributed by atoms with van der Waals surface area (Å²) in [6.07, 6.45) is -0.867. The Morgan fingerprint density at radius 2 is 1.87 bits per heavy atom. The first kappa shape index (κ1) is 16.9. The lowest BCUT2D eigenvalue weighted by Gasteiger charge is -2.23. The Morgan fingerprint density at radius 1 is 1.22 bits per heavy atom. The van der Waals surface area contributed by atoms with Crippen LogP contribution in [0.3, 0.4) is 0 Å². The number of hydrogen-bond donors (Lipinski definition) is 1. The molecule has 0 unspecified atom stereocenters. The van der Waals surface area contributed by atoms with Gasteiger partial charge in [-0.2, -0.15) is 0 Å². The van der Waals surface area contributed by atoms with Crippen LogP contribution in [-0.2, 0) is 9.53 Å². The molecule has 0 aliphatic heterocycles. The van der Waals surface area contributed by atoms with Crippen molar-refractivity contribution in [3.63, 3.8) is 0 Å². The molecule has 0 fully saturated rings. The van der Waals surface area contributed by atoms with Gasteiger partial charge >= 0.3 is 5.97 Å². The number of rotatable bonds is 3. The summed E-state index contributed by atoms with van der Waals surface area (Å²) in [7, 11) is 0. The summed E-state index contributed by atoms with van der Waals surface area (Å²) >= 11 is 0. The maximum Gasteiger partial charge on any atom is 0.339 e. The van der Waals surface area contributed by atoms with E-state index in [2.05, 4.69) is 10.3 Å². The van der Waals surface area contributed by atoms with Gasteiger partial charge < -0.3 is 10.1 Å². The van der Waals surface area contributed by atoms with E-state index in [-0.39, 0.29) is 11.4 Å². The Balaban J connectivity index is 2.23. The number of aryl methyl sites for hydroxylation is 1. The molecule has 0 saturated carbocycles. The number of nitrogens with zero attached hydrogens (tertiary/aromatic N) is 1. The normalized spacial score (nSPS) is 12.7. The third-order valence-electron chi connectivity index (χ3n) is 3.22. The van der Waals surface area contributed by atoms with Gasteiger partial charge in [0.25, 0.3) is 5.91 Å². The summed E-state index contributed by atoms with van der Waals surface area (Å²) in [6.45, 7) is 9.01. The zero-order valence-electron chi connectivity index (χ0n) is 14.1. The molecular formula is C18H22N2O3. The van der Waals surface area contributed by atoms with E-state index in [1.807, 2.05) is 52.0 Å². The predicted octanol–water partition coefficient (Wildman–Crippen LogP) is 3.00. The van der Waals surface area contributed by atoms with E-state index < -0.39 is 12.1 Å². The minimum absolute atomic E-state index is 0.319. The second-order valence-corrected chi connectivity index (χ2v) is 6.62. The molecule has 1 atom stereocenters. The third-order valence-corrected chi connectivity index (χ3v) is 3.22. The van der Waals surface area contributed by atoms with E-state index in [0.29, 0.717) is 10.9 Å². The molecule has 2 rings (SSSR count). The first-order valence-electron chi connectivity index (χ1n) is 7.57. The highest BCUT2D eigenvalue weighted by Crippen LogP contribution is 2.19. The second-order valence-electron chi connectivity index (χ2n) is 6.62. The van der Waals surface area contributed by atoms with Crippen LogP contribution in [0.25, 0.3) is 10.9 Å².